The van der Waals surface area contributed by atoms with Crippen LogP contribution in [-0.2, 0) is 10.0 Å². The molecule has 0 saturated carbocycles. The molecule has 3 aromatic rings. The summed E-state index contributed by atoms with van der Waals surface area (Å²) in [7, 11) is -3.99. The molecule has 0 radical (unpaired) electrons. The number of ether oxygens (including phenoxy) is 1. The van der Waals surface area contributed by atoms with Gasteiger partial charge in [0.05, 0.1) is 11.9 Å². The maximum Gasteiger partial charge on any atom is 0.279 e. The molecule has 1 N–H and O–H groups in total. The Morgan fingerprint density at radius 1 is 1.33 bits per heavy atom. The molecule has 0 bridgehead atoms. The molecule has 2 heterocycles. The van der Waals surface area contributed by atoms with Crippen LogP contribution in [0.1, 0.15) is 0 Å². The molecule has 122 valence electrons. The summed E-state index contributed by atoms with van der Waals surface area (Å²) in [5, 5.41) is 8.49. The molecule has 1 aromatic carbocycles. The Balaban J connectivity index is 2.00. The van der Waals surface area contributed by atoms with Gasteiger partial charge in [0.2, 0.25) is 0 Å². The van der Waals surface area contributed by atoms with Crippen molar-refractivity contribution in [1.82, 2.24) is 9.38 Å². The van der Waals surface area contributed by atoms with E-state index in [1.807, 2.05) is 0 Å². The Morgan fingerprint density at radius 3 is 2.96 bits per heavy atom. The van der Waals surface area contributed by atoms with Crippen LogP contribution in [0.15, 0.2) is 53.8 Å². The fraction of sp³-hybridized carbons (Fsp3) is 0.0667. The molecule has 0 aliphatic heterocycles. The summed E-state index contributed by atoms with van der Waals surface area (Å²) < 4.78 is 47.3. The zero-order chi connectivity index (χ0) is 17.2. The summed E-state index contributed by atoms with van der Waals surface area (Å²) in [6.07, 6.45) is 2.78. The summed E-state index contributed by atoms with van der Waals surface area (Å²) in [4.78, 5) is 4.02. The second kappa shape index (κ2) is 6.17. The number of aromatic nitrogens is 2. The monoisotopic (exact) mass is 346 g/mol. The normalized spacial score (nSPS) is 11.2. The Morgan fingerprint density at radius 2 is 2.17 bits per heavy atom. The number of rotatable bonds is 5. The Hall–Kier alpha value is -3.12. The van der Waals surface area contributed by atoms with Crippen molar-refractivity contribution in [1.29, 1.82) is 5.26 Å². The molecule has 9 heteroatoms. The molecular formula is C15H11FN4O3S. The number of fused-ring (bicyclic) bond motifs is 1. The molecule has 2 aromatic heterocycles. The topological polar surface area (TPSA) is 96.5 Å². The number of halogens is 1. The molecule has 0 saturated heterocycles. The smallest absolute Gasteiger partial charge is 0.279 e. The van der Waals surface area contributed by atoms with E-state index in [0.29, 0.717) is 5.65 Å². The maximum absolute atomic E-state index is 13.3. The van der Waals surface area contributed by atoms with Gasteiger partial charge in [-0.15, -0.1) is 0 Å². The first-order valence-electron chi connectivity index (χ1n) is 6.75. The average Bonchev–Trinajstić information content (AvgIpc) is 3.00. The first-order chi connectivity index (χ1) is 11.5. The van der Waals surface area contributed by atoms with E-state index >= 15 is 0 Å². The highest BCUT2D eigenvalue weighted by molar-refractivity contribution is 7.92. The number of hydrogen-bond donors (Lipinski definition) is 1. The first-order valence-corrected chi connectivity index (χ1v) is 8.24. The number of imidazole rings is 1. The lowest BCUT2D eigenvalue weighted by Gasteiger charge is -2.12. The Labute approximate surface area is 137 Å². The summed E-state index contributed by atoms with van der Waals surface area (Å²) in [6, 6.07) is 10.1. The molecule has 0 fully saturated rings. The summed E-state index contributed by atoms with van der Waals surface area (Å²) in [5.74, 6) is -0.686. The minimum Gasteiger partial charge on any atom is -0.476 e. The first kappa shape index (κ1) is 15.8. The SMILES string of the molecule is N#CCOc1cc(F)ccc1NS(=O)(=O)c1cnc2ccccn12. The van der Waals surface area contributed by atoms with E-state index < -0.39 is 15.8 Å². The minimum atomic E-state index is -3.99. The van der Waals surface area contributed by atoms with Gasteiger partial charge in [-0.25, -0.2) is 9.37 Å². The summed E-state index contributed by atoms with van der Waals surface area (Å²) in [6.45, 7) is -0.339. The molecule has 0 aliphatic carbocycles. The lowest BCUT2D eigenvalue weighted by atomic mass is 10.3. The number of nitrogens with one attached hydrogen (secondary N) is 1. The Bertz CT molecular complexity index is 1040. The lowest BCUT2D eigenvalue weighted by molar-refractivity contribution is 0.367. The van der Waals surface area contributed by atoms with Crippen LogP contribution in [0.5, 0.6) is 5.75 Å². The quantitative estimate of drug-likeness (QED) is 0.764. The molecule has 3 rings (SSSR count). The summed E-state index contributed by atoms with van der Waals surface area (Å²) >= 11 is 0. The van der Waals surface area contributed by atoms with Crippen LogP contribution < -0.4 is 9.46 Å². The molecule has 0 amide bonds. The third-order valence-corrected chi connectivity index (χ3v) is 4.48. The largest absolute Gasteiger partial charge is 0.476 e. The van der Waals surface area contributed by atoms with Crippen molar-refractivity contribution >= 4 is 21.4 Å². The fourth-order valence-corrected chi connectivity index (χ4v) is 3.28. The van der Waals surface area contributed by atoms with Gasteiger partial charge in [0.25, 0.3) is 10.0 Å². The van der Waals surface area contributed by atoms with Crippen molar-refractivity contribution in [2.24, 2.45) is 0 Å². The predicted molar refractivity (Wildman–Crippen MR) is 83.5 cm³/mol. The molecule has 0 atom stereocenters. The van der Waals surface area contributed by atoms with Crippen molar-refractivity contribution in [2.45, 2.75) is 5.03 Å². The standard InChI is InChI=1S/C15H11FN4O3S/c16-11-4-5-12(13(9-11)23-8-6-17)19-24(21,22)15-10-18-14-3-1-2-7-20(14)15/h1-5,7,9-10,19H,8H2. The zero-order valence-electron chi connectivity index (χ0n) is 12.2. The summed E-state index contributed by atoms with van der Waals surface area (Å²) in [5.41, 5.74) is 0.496. The molecule has 0 aliphatic rings. The van der Waals surface area contributed by atoms with Crippen LogP contribution in [0.2, 0.25) is 0 Å². The van der Waals surface area contributed by atoms with Gasteiger partial charge >= 0.3 is 0 Å². The van der Waals surface area contributed by atoms with Crippen molar-refractivity contribution < 1.29 is 17.5 Å². The minimum absolute atomic E-state index is 0.0255. The van der Waals surface area contributed by atoms with Crippen LogP contribution in [-0.4, -0.2) is 24.4 Å². The van der Waals surface area contributed by atoms with E-state index in [-0.39, 0.29) is 23.1 Å². The molecule has 7 nitrogen and oxygen atoms in total. The van der Waals surface area contributed by atoms with Crippen LogP contribution in [0.25, 0.3) is 5.65 Å². The molecular weight excluding hydrogens is 335 g/mol. The number of sulfonamides is 1. The highest BCUT2D eigenvalue weighted by Crippen LogP contribution is 2.28. The number of hydrogen-bond acceptors (Lipinski definition) is 5. The predicted octanol–water partition coefficient (Wildman–Crippen LogP) is 2.18. The second-order valence-corrected chi connectivity index (χ2v) is 6.35. The van der Waals surface area contributed by atoms with Crippen LogP contribution in [0, 0.1) is 17.1 Å². The van der Waals surface area contributed by atoms with Gasteiger partial charge < -0.3 is 4.74 Å². The number of nitriles is 1. The number of benzene rings is 1. The van der Waals surface area contributed by atoms with Gasteiger partial charge in [-0.3, -0.25) is 9.12 Å². The highest BCUT2D eigenvalue weighted by Gasteiger charge is 2.21. The number of pyridine rings is 1. The van der Waals surface area contributed by atoms with Crippen molar-refractivity contribution in [3.8, 4) is 11.8 Å². The van der Waals surface area contributed by atoms with E-state index in [2.05, 4.69) is 9.71 Å². The van der Waals surface area contributed by atoms with Crippen molar-refractivity contribution in [3.63, 3.8) is 0 Å². The van der Waals surface area contributed by atoms with Gasteiger partial charge in [0.1, 0.15) is 23.3 Å². The fourth-order valence-electron chi connectivity index (χ4n) is 2.12. The van der Waals surface area contributed by atoms with Gasteiger partial charge in [0.15, 0.2) is 11.6 Å². The van der Waals surface area contributed by atoms with Crippen molar-refractivity contribution in [2.75, 3.05) is 11.3 Å². The second-order valence-electron chi connectivity index (χ2n) is 4.72. The molecule has 0 spiro atoms. The van der Waals surface area contributed by atoms with E-state index in [9.17, 15) is 12.8 Å². The van der Waals surface area contributed by atoms with Gasteiger partial charge in [-0.2, -0.15) is 13.7 Å². The maximum atomic E-state index is 13.3. The van der Waals surface area contributed by atoms with Crippen LogP contribution >= 0.6 is 0 Å². The molecule has 24 heavy (non-hydrogen) atoms. The van der Waals surface area contributed by atoms with E-state index in [0.717, 1.165) is 12.1 Å². The highest BCUT2D eigenvalue weighted by atomic mass is 32.2. The lowest BCUT2D eigenvalue weighted by Crippen LogP contribution is -2.16. The Kier molecular flexibility index (Phi) is 4.05. The van der Waals surface area contributed by atoms with E-state index in [1.165, 1.54) is 16.7 Å². The zero-order valence-corrected chi connectivity index (χ0v) is 13.0. The van der Waals surface area contributed by atoms with E-state index in [4.69, 9.17) is 10.00 Å². The third kappa shape index (κ3) is 3.00. The average molecular weight is 346 g/mol. The number of nitrogens with zero attached hydrogens (tertiary/aromatic N) is 3. The molecule has 0 unspecified atom stereocenters. The van der Waals surface area contributed by atoms with Gasteiger partial charge in [-0.1, -0.05) is 6.07 Å². The van der Waals surface area contributed by atoms with Crippen LogP contribution in [0.3, 0.4) is 0 Å². The third-order valence-electron chi connectivity index (χ3n) is 3.14. The number of anilines is 1. The van der Waals surface area contributed by atoms with Crippen LogP contribution in [0.4, 0.5) is 10.1 Å². The van der Waals surface area contributed by atoms with Gasteiger partial charge in [0, 0.05) is 12.3 Å². The van der Waals surface area contributed by atoms with E-state index in [1.54, 1.807) is 30.5 Å². The van der Waals surface area contributed by atoms with Crippen molar-refractivity contribution in [3.05, 3.63) is 54.6 Å². The van der Waals surface area contributed by atoms with Gasteiger partial charge in [-0.05, 0) is 24.3 Å².